The van der Waals surface area contributed by atoms with Crippen LogP contribution in [0.25, 0.3) is 0 Å². The summed E-state index contributed by atoms with van der Waals surface area (Å²) in [5, 5.41) is 0. The molecule has 1 N–H and O–H groups in total. The lowest BCUT2D eigenvalue weighted by atomic mass is 9.98. The van der Waals surface area contributed by atoms with E-state index < -0.39 is 0 Å². The third kappa shape index (κ3) is 4.15. The number of benzene rings is 1. The van der Waals surface area contributed by atoms with Gasteiger partial charge >= 0.3 is 0 Å². The van der Waals surface area contributed by atoms with Gasteiger partial charge < -0.3 is 19.4 Å². The molecule has 1 aliphatic rings. The fourth-order valence-corrected chi connectivity index (χ4v) is 3.69. The van der Waals surface area contributed by atoms with Gasteiger partial charge in [0.15, 0.2) is 11.5 Å². The third-order valence-electron chi connectivity index (χ3n) is 5.13. The van der Waals surface area contributed by atoms with Crippen molar-refractivity contribution < 1.29 is 14.3 Å². The van der Waals surface area contributed by atoms with Gasteiger partial charge in [0.25, 0.3) is 5.91 Å². The maximum absolute atomic E-state index is 12.9. The van der Waals surface area contributed by atoms with Crippen molar-refractivity contribution in [3.63, 3.8) is 0 Å². The number of likely N-dealkylation sites (tertiary alicyclic amines) is 1. The van der Waals surface area contributed by atoms with E-state index in [9.17, 15) is 9.59 Å². The number of methoxy groups -OCH3 is 2. The number of carbonyl (C=O) groups is 1. The van der Waals surface area contributed by atoms with E-state index in [0.29, 0.717) is 23.6 Å². The van der Waals surface area contributed by atoms with Crippen LogP contribution in [0.15, 0.2) is 35.1 Å². The third-order valence-corrected chi connectivity index (χ3v) is 5.13. The number of amides is 1. The Bertz CT molecular complexity index is 875. The number of aryl methyl sites for hydroxylation is 1. The van der Waals surface area contributed by atoms with Crippen LogP contribution in [0.4, 0.5) is 0 Å². The molecule has 0 aliphatic carbocycles. The summed E-state index contributed by atoms with van der Waals surface area (Å²) in [5.41, 5.74) is 2.31. The van der Waals surface area contributed by atoms with Crippen LogP contribution in [0.1, 0.15) is 35.0 Å². The average Bonchev–Trinajstić information content (AvgIpc) is 3.15. The first-order valence-electron chi connectivity index (χ1n) is 9.28. The van der Waals surface area contributed by atoms with Crippen LogP contribution in [-0.2, 0) is 12.8 Å². The first kappa shape index (κ1) is 19.0. The minimum atomic E-state index is -0.170. The zero-order valence-corrected chi connectivity index (χ0v) is 16.1. The highest BCUT2D eigenvalue weighted by molar-refractivity contribution is 5.95. The van der Waals surface area contributed by atoms with Crippen LogP contribution in [-0.4, -0.2) is 43.1 Å². The van der Waals surface area contributed by atoms with Gasteiger partial charge in [-0.05, 0) is 48.9 Å². The second-order valence-corrected chi connectivity index (χ2v) is 6.87. The smallest absolute Gasteiger partial charge is 0.255 e. The second-order valence-electron chi connectivity index (χ2n) is 6.87. The van der Waals surface area contributed by atoms with Gasteiger partial charge in [0.05, 0.1) is 19.8 Å². The number of nitrogens with zero attached hydrogens (tertiary/aromatic N) is 1. The van der Waals surface area contributed by atoms with Crippen LogP contribution < -0.4 is 15.0 Å². The summed E-state index contributed by atoms with van der Waals surface area (Å²) in [7, 11) is 3.26. The van der Waals surface area contributed by atoms with Crippen molar-refractivity contribution in [1.29, 1.82) is 0 Å². The number of aromatic amines is 1. The fourth-order valence-electron chi connectivity index (χ4n) is 3.69. The lowest BCUT2D eigenvalue weighted by Gasteiger charge is -2.18. The van der Waals surface area contributed by atoms with Crippen LogP contribution in [0.3, 0.4) is 0 Å². The molecule has 3 rings (SSSR count). The van der Waals surface area contributed by atoms with Crippen molar-refractivity contribution >= 4 is 5.91 Å². The molecular weight excluding hydrogens is 344 g/mol. The summed E-state index contributed by atoms with van der Waals surface area (Å²) in [5.74, 6) is 1.84. The summed E-state index contributed by atoms with van der Waals surface area (Å²) in [6.45, 7) is 3.39. The van der Waals surface area contributed by atoms with Crippen molar-refractivity contribution in [1.82, 2.24) is 9.88 Å². The molecule has 1 fully saturated rings. The monoisotopic (exact) mass is 370 g/mol. The highest BCUT2D eigenvalue weighted by atomic mass is 16.5. The quantitative estimate of drug-likeness (QED) is 0.849. The Balaban J connectivity index is 1.68. The van der Waals surface area contributed by atoms with Gasteiger partial charge in [-0.3, -0.25) is 9.59 Å². The molecule has 0 bridgehead atoms. The van der Waals surface area contributed by atoms with Crippen molar-refractivity contribution in [2.45, 2.75) is 26.2 Å². The molecule has 2 aromatic rings. The number of ether oxygens (including phenoxy) is 2. The molecule has 2 heterocycles. The van der Waals surface area contributed by atoms with Gasteiger partial charge in [-0.25, -0.2) is 0 Å². The van der Waals surface area contributed by atoms with Crippen molar-refractivity contribution in [2.75, 3.05) is 27.3 Å². The molecule has 0 spiro atoms. The summed E-state index contributed by atoms with van der Waals surface area (Å²) in [6, 6.07) is 9.02. The van der Waals surface area contributed by atoms with Gasteiger partial charge in [0.1, 0.15) is 0 Å². The van der Waals surface area contributed by atoms with E-state index >= 15 is 0 Å². The summed E-state index contributed by atoms with van der Waals surface area (Å²) in [4.78, 5) is 29.0. The largest absolute Gasteiger partial charge is 0.493 e. The van der Waals surface area contributed by atoms with Crippen LogP contribution in [0, 0.1) is 5.92 Å². The van der Waals surface area contributed by atoms with Crippen LogP contribution in [0.2, 0.25) is 0 Å². The predicted octanol–water partition coefficient (Wildman–Crippen LogP) is 2.66. The number of pyridine rings is 1. The Morgan fingerprint density at radius 3 is 2.67 bits per heavy atom. The van der Waals surface area contributed by atoms with Gasteiger partial charge in [-0.1, -0.05) is 13.0 Å². The lowest BCUT2D eigenvalue weighted by Crippen LogP contribution is -2.30. The summed E-state index contributed by atoms with van der Waals surface area (Å²) >= 11 is 0. The van der Waals surface area contributed by atoms with Crippen molar-refractivity contribution in [3.05, 3.63) is 57.5 Å². The number of nitrogens with one attached hydrogen (secondary N) is 1. The molecule has 1 aromatic carbocycles. The number of aromatic nitrogens is 1. The highest BCUT2D eigenvalue weighted by Gasteiger charge is 2.28. The van der Waals surface area contributed by atoms with E-state index in [4.69, 9.17) is 9.47 Å². The molecule has 6 nitrogen and oxygen atoms in total. The average molecular weight is 370 g/mol. The zero-order chi connectivity index (χ0) is 19.4. The van der Waals surface area contributed by atoms with Crippen molar-refractivity contribution in [3.8, 4) is 11.5 Å². The number of hydrogen-bond donors (Lipinski definition) is 1. The SMILES string of the molecule is CCc1[nH]c(=O)ccc1C(=O)N1CCC(Cc2ccc(OC)c(OC)c2)C1. The van der Waals surface area contributed by atoms with Crippen LogP contribution in [0.5, 0.6) is 11.5 Å². The fraction of sp³-hybridized carbons (Fsp3) is 0.429. The van der Waals surface area contributed by atoms with Gasteiger partial charge in [0.2, 0.25) is 5.56 Å². The first-order chi connectivity index (χ1) is 13.0. The Morgan fingerprint density at radius 2 is 1.96 bits per heavy atom. The van der Waals surface area contributed by atoms with E-state index in [0.717, 1.165) is 37.4 Å². The standard InChI is InChI=1S/C21H26N2O4/c1-4-17-16(6-8-20(24)22-17)21(25)23-10-9-15(13-23)11-14-5-7-18(26-2)19(12-14)27-3/h5-8,12,15H,4,9-11,13H2,1-3H3,(H,22,24). The first-order valence-corrected chi connectivity index (χ1v) is 9.28. The molecule has 1 unspecified atom stereocenters. The minimum absolute atomic E-state index is 0.00193. The van der Waals surface area contributed by atoms with Crippen LogP contribution >= 0.6 is 0 Å². The molecular formula is C21H26N2O4. The summed E-state index contributed by atoms with van der Waals surface area (Å²) < 4.78 is 10.7. The molecule has 1 aliphatic heterocycles. The maximum atomic E-state index is 12.9. The number of carbonyl (C=O) groups excluding carboxylic acids is 1. The highest BCUT2D eigenvalue weighted by Crippen LogP contribution is 2.30. The lowest BCUT2D eigenvalue weighted by molar-refractivity contribution is 0.0785. The topological polar surface area (TPSA) is 71.6 Å². The van der Waals surface area contributed by atoms with E-state index in [2.05, 4.69) is 4.98 Å². The number of rotatable bonds is 6. The molecule has 0 saturated carbocycles. The van der Waals surface area contributed by atoms with E-state index in [1.807, 2.05) is 30.0 Å². The molecule has 1 atom stereocenters. The zero-order valence-electron chi connectivity index (χ0n) is 16.1. The van der Waals surface area contributed by atoms with E-state index in [1.165, 1.54) is 11.6 Å². The molecule has 144 valence electrons. The molecule has 1 aromatic heterocycles. The minimum Gasteiger partial charge on any atom is -0.493 e. The molecule has 6 heteroatoms. The van der Waals surface area contributed by atoms with Crippen molar-refractivity contribution in [2.24, 2.45) is 5.92 Å². The molecule has 1 amide bonds. The van der Waals surface area contributed by atoms with Gasteiger partial charge in [-0.15, -0.1) is 0 Å². The van der Waals surface area contributed by atoms with E-state index in [-0.39, 0.29) is 11.5 Å². The predicted molar refractivity (Wildman–Crippen MR) is 104 cm³/mol. The Kier molecular flexibility index (Phi) is 5.84. The normalized spacial score (nSPS) is 16.4. The Morgan fingerprint density at radius 1 is 1.19 bits per heavy atom. The molecule has 1 saturated heterocycles. The van der Waals surface area contributed by atoms with Gasteiger partial charge in [-0.2, -0.15) is 0 Å². The Hall–Kier alpha value is -2.76. The van der Waals surface area contributed by atoms with Gasteiger partial charge in [0, 0.05) is 24.8 Å². The summed E-state index contributed by atoms with van der Waals surface area (Å²) in [6.07, 6.45) is 2.47. The second kappa shape index (κ2) is 8.29. The maximum Gasteiger partial charge on any atom is 0.255 e. The molecule has 27 heavy (non-hydrogen) atoms. The number of H-pyrrole nitrogens is 1. The number of hydrogen-bond acceptors (Lipinski definition) is 4. The Labute approximate surface area is 159 Å². The molecule has 0 radical (unpaired) electrons. The van der Waals surface area contributed by atoms with E-state index in [1.54, 1.807) is 20.3 Å².